The number of nitrogens with zero attached hydrogens (tertiary/aromatic N) is 1. The van der Waals surface area contributed by atoms with Crippen LogP contribution in [0.2, 0.25) is 0 Å². The van der Waals surface area contributed by atoms with Crippen LogP contribution in [0.5, 0.6) is 0 Å². The topological polar surface area (TPSA) is 82.1 Å². The van der Waals surface area contributed by atoms with Crippen molar-refractivity contribution in [3.05, 3.63) is 0 Å². The molecule has 1 fully saturated rings. The van der Waals surface area contributed by atoms with E-state index in [1.54, 1.807) is 0 Å². The molecule has 0 spiro atoms. The third-order valence-electron chi connectivity index (χ3n) is 10.9. The van der Waals surface area contributed by atoms with E-state index in [0.717, 1.165) is 103 Å². The highest BCUT2D eigenvalue weighted by molar-refractivity contribution is 5.76. The zero-order chi connectivity index (χ0) is 36.5. The molecule has 1 aliphatic heterocycles. The van der Waals surface area contributed by atoms with Gasteiger partial charge in [0.1, 0.15) is 6.10 Å². The molecule has 1 aliphatic rings. The summed E-state index contributed by atoms with van der Waals surface area (Å²) in [5.41, 5.74) is -0.966. The molecule has 0 amide bonds. The lowest BCUT2D eigenvalue weighted by molar-refractivity contribution is -0.156. The minimum Gasteiger partial charge on any atom is -0.469 e. The lowest BCUT2D eigenvalue weighted by Gasteiger charge is -2.29. The molecular formula is C42H79NO6. The minimum absolute atomic E-state index is 0.0517. The van der Waals surface area contributed by atoms with Gasteiger partial charge in [0.2, 0.25) is 0 Å². The van der Waals surface area contributed by atoms with Crippen LogP contribution in [0.15, 0.2) is 0 Å². The number of likely N-dealkylation sites (tertiary alicyclic amines) is 1. The Labute approximate surface area is 302 Å². The van der Waals surface area contributed by atoms with Crippen molar-refractivity contribution >= 4 is 17.9 Å². The van der Waals surface area contributed by atoms with Crippen LogP contribution < -0.4 is 0 Å². The zero-order valence-electron chi connectivity index (χ0n) is 33.5. The quantitative estimate of drug-likeness (QED) is 0.0438. The Morgan fingerprint density at radius 3 is 1.69 bits per heavy atom. The second-order valence-electron chi connectivity index (χ2n) is 16.7. The summed E-state index contributed by atoms with van der Waals surface area (Å²) in [6, 6.07) is 0. The number of methoxy groups -OCH3 is 1. The number of carbonyl (C=O) groups excluding carboxylic acids is 3. The van der Waals surface area contributed by atoms with Crippen LogP contribution in [0, 0.1) is 22.7 Å². The first-order valence-corrected chi connectivity index (χ1v) is 20.5. The van der Waals surface area contributed by atoms with E-state index in [1.807, 2.05) is 27.7 Å². The number of unbranched alkanes of at least 4 members (excludes halogenated alkanes) is 10. The monoisotopic (exact) mass is 694 g/mol. The summed E-state index contributed by atoms with van der Waals surface area (Å²) in [5.74, 6) is 0.624. The van der Waals surface area contributed by atoms with Gasteiger partial charge in [-0.2, -0.15) is 0 Å². The molecule has 0 aliphatic carbocycles. The third-order valence-corrected chi connectivity index (χ3v) is 10.9. The molecule has 49 heavy (non-hydrogen) atoms. The first kappa shape index (κ1) is 45.4. The lowest BCUT2D eigenvalue weighted by Crippen LogP contribution is -2.31. The average Bonchev–Trinajstić information content (AvgIpc) is 3.06. The van der Waals surface area contributed by atoms with Gasteiger partial charge in [-0.3, -0.25) is 14.4 Å². The predicted molar refractivity (Wildman–Crippen MR) is 202 cm³/mol. The van der Waals surface area contributed by atoms with Crippen LogP contribution in [0.1, 0.15) is 189 Å². The molecule has 0 bridgehead atoms. The van der Waals surface area contributed by atoms with Crippen molar-refractivity contribution in [2.45, 2.75) is 195 Å². The Balaban J connectivity index is 2.54. The van der Waals surface area contributed by atoms with Gasteiger partial charge in [-0.1, -0.05) is 90.9 Å². The predicted octanol–water partition coefficient (Wildman–Crippen LogP) is 10.9. The minimum atomic E-state index is -0.493. The molecule has 7 nitrogen and oxygen atoms in total. The number of carbonyl (C=O) groups is 3. The summed E-state index contributed by atoms with van der Waals surface area (Å²) in [5, 5.41) is 0. The van der Waals surface area contributed by atoms with Gasteiger partial charge in [0.15, 0.2) is 0 Å². The summed E-state index contributed by atoms with van der Waals surface area (Å²) in [7, 11) is 3.59. The maximum Gasteiger partial charge on any atom is 0.311 e. The summed E-state index contributed by atoms with van der Waals surface area (Å²) in [4.78, 5) is 40.5. The molecule has 2 unspecified atom stereocenters. The normalized spacial score (nSPS) is 15.9. The van der Waals surface area contributed by atoms with Crippen LogP contribution in [-0.2, 0) is 28.6 Å². The summed E-state index contributed by atoms with van der Waals surface area (Å²) in [6.07, 6.45) is 24.1. The first-order chi connectivity index (χ1) is 23.3. The van der Waals surface area contributed by atoms with Gasteiger partial charge >= 0.3 is 17.9 Å². The van der Waals surface area contributed by atoms with Gasteiger partial charge in [-0.15, -0.1) is 0 Å². The fraction of sp³-hybridized carbons (Fsp3) is 0.929. The maximum absolute atomic E-state index is 13.2. The van der Waals surface area contributed by atoms with Crippen LogP contribution in [0.25, 0.3) is 0 Å². The molecule has 0 aromatic heterocycles. The van der Waals surface area contributed by atoms with E-state index in [1.165, 1.54) is 58.5 Å². The molecule has 0 N–H and O–H groups in total. The molecule has 0 saturated carbocycles. The fourth-order valence-corrected chi connectivity index (χ4v) is 7.13. The number of ether oxygens (including phenoxy) is 3. The number of esters is 3. The Bertz CT molecular complexity index is 878. The van der Waals surface area contributed by atoms with Gasteiger partial charge in [-0.05, 0) is 124 Å². The van der Waals surface area contributed by atoms with Gasteiger partial charge in [-0.25, -0.2) is 0 Å². The highest BCUT2D eigenvalue weighted by atomic mass is 16.5. The number of piperidine rings is 1. The Morgan fingerprint density at radius 2 is 1.14 bits per heavy atom. The van der Waals surface area contributed by atoms with Gasteiger partial charge in [0.25, 0.3) is 0 Å². The SMILES string of the molecule is CCCCCCCC(CCCCC)COC(=O)C(C)(C)CCCCCC(CCCCCC(C)(C)C(=O)OC)OC(=O)CC1CCN(C)CC1. The molecule has 2 atom stereocenters. The van der Waals surface area contributed by atoms with E-state index in [2.05, 4.69) is 25.8 Å². The van der Waals surface area contributed by atoms with Crippen molar-refractivity contribution in [3.8, 4) is 0 Å². The van der Waals surface area contributed by atoms with E-state index < -0.39 is 10.8 Å². The van der Waals surface area contributed by atoms with E-state index >= 15 is 0 Å². The van der Waals surface area contributed by atoms with Crippen molar-refractivity contribution in [1.82, 2.24) is 4.90 Å². The van der Waals surface area contributed by atoms with E-state index in [0.29, 0.717) is 24.9 Å². The number of hydrogen-bond acceptors (Lipinski definition) is 7. The van der Waals surface area contributed by atoms with Crippen molar-refractivity contribution < 1.29 is 28.6 Å². The van der Waals surface area contributed by atoms with Gasteiger partial charge < -0.3 is 19.1 Å². The molecule has 7 heteroatoms. The summed E-state index contributed by atoms with van der Waals surface area (Å²) >= 11 is 0. The lowest BCUT2D eigenvalue weighted by atomic mass is 9.86. The van der Waals surface area contributed by atoms with E-state index in [-0.39, 0.29) is 24.0 Å². The largest absolute Gasteiger partial charge is 0.469 e. The number of hydrogen-bond donors (Lipinski definition) is 0. The highest BCUT2D eigenvalue weighted by Gasteiger charge is 2.30. The van der Waals surface area contributed by atoms with Crippen molar-refractivity contribution in [2.24, 2.45) is 22.7 Å². The molecule has 0 aromatic rings. The molecule has 0 aromatic carbocycles. The van der Waals surface area contributed by atoms with Crippen molar-refractivity contribution in [2.75, 3.05) is 33.9 Å². The molecule has 1 saturated heterocycles. The van der Waals surface area contributed by atoms with Crippen LogP contribution in [0.3, 0.4) is 0 Å². The van der Waals surface area contributed by atoms with Crippen LogP contribution >= 0.6 is 0 Å². The van der Waals surface area contributed by atoms with E-state index in [9.17, 15) is 14.4 Å². The zero-order valence-corrected chi connectivity index (χ0v) is 33.5. The molecule has 1 heterocycles. The molecular weight excluding hydrogens is 614 g/mol. The first-order valence-electron chi connectivity index (χ1n) is 20.5. The summed E-state index contributed by atoms with van der Waals surface area (Å²) < 4.78 is 17.0. The van der Waals surface area contributed by atoms with Gasteiger partial charge in [0, 0.05) is 6.42 Å². The Hall–Kier alpha value is -1.63. The molecule has 288 valence electrons. The Kier molecular flexibility index (Phi) is 24.3. The standard InChI is InChI=1S/C42H79NO6/c1-9-11-13-14-18-24-36(23-17-12-10-2)34-48-40(46)42(5,6)30-22-16-20-26-37(25-19-15-21-29-41(3,4)39(45)47-8)49-38(44)33-35-27-31-43(7)32-28-35/h35-37H,9-34H2,1-8H3. The third kappa shape index (κ3) is 21.4. The highest BCUT2D eigenvalue weighted by Crippen LogP contribution is 2.29. The second kappa shape index (κ2) is 26.2. The average molecular weight is 694 g/mol. The fourth-order valence-electron chi connectivity index (χ4n) is 7.13. The summed E-state index contributed by atoms with van der Waals surface area (Å²) in [6.45, 7) is 15.1. The van der Waals surface area contributed by atoms with Crippen LogP contribution in [0.4, 0.5) is 0 Å². The molecule has 1 rings (SSSR count). The van der Waals surface area contributed by atoms with E-state index in [4.69, 9.17) is 14.2 Å². The Morgan fingerprint density at radius 1 is 0.673 bits per heavy atom. The van der Waals surface area contributed by atoms with Crippen LogP contribution in [-0.4, -0.2) is 62.8 Å². The number of rotatable bonds is 29. The molecule has 0 radical (unpaired) electrons. The smallest absolute Gasteiger partial charge is 0.311 e. The van der Waals surface area contributed by atoms with Gasteiger partial charge in [0.05, 0.1) is 24.5 Å². The second-order valence-corrected chi connectivity index (χ2v) is 16.7. The van der Waals surface area contributed by atoms with Crippen molar-refractivity contribution in [1.29, 1.82) is 0 Å². The maximum atomic E-state index is 13.2. The van der Waals surface area contributed by atoms with Crippen molar-refractivity contribution in [3.63, 3.8) is 0 Å².